The summed E-state index contributed by atoms with van der Waals surface area (Å²) in [5, 5.41) is 25.5. The molecule has 1 aromatic rings. The minimum atomic E-state index is -5.31. The summed E-state index contributed by atoms with van der Waals surface area (Å²) in [6.45, 7) is 0. The van der Waals surface area contributed by atoms with Crippen molar-refractivity contribution in [3.63, 3.8) is 0 Å². The topological polar surface area (TPSA) is 71.4 Å². The van der Waals surface area contributed by atoms with E-state index in [1.807, 2.05) is 0 Å². The Balaban J connectivity index is 3.93. The van der Waals surface area contributed by atoms with Crippen molar-refractivity contribution in [2.45, 2.75) is 12.6 Å². The fraction of sp³-hybridized carbons (Fsp3) is 0.182. The molecule has 0 aromatic heterocycles. The van der Waals surface area contributed by atoms with Gasteiger partial charge in [-0.1, -0.05) is 0 Å². The van der Waals surface area contributed by atoms with Crippen LogP contribution in [-0.2, 0) is 12.6 Å². The normalized spacial score (nSPS) is 10.4. The van der Waals surface area contributed by atoms with E-state index >= 15 is 0 Å². The third kappa shape index (κ3) is 2.31. The van der Waals surface area contributed by atoms with E-state index in [4.69, 9.17) is 15.8 Å². The van der Waals surface area contributed by atoms with Crippen LogP contribution in [0.1, 0.15) is 22.3 Å². The van der Waals surface area contributed by atoms with Crippen LogP contribution in [0, 0.1) is 45.6 Å². The predicted octanol–water partition coefficient (Wildman–Crippen LogP) is 2.79. The van der Waals surface area contributed by atoms with Crippen LogP contribution in [-0.4, -0.2) is 0 Å². The first-order valence-electron chi connectivity index (χ1n) is 4.57. The molecule has 96 valence electrons. The second kappa shape index (κ2) is 4.91. The van der Waals surface area contributed by atoms with E-state index in [1.54, 1.807) is 0 Å². The Bertz CT molecular complexity index is 656. The number of nitrogens with zero attached hydrogens (tertiary/aromatic N) is 3. The van der Waals surface area contributed by atoms with Gasteiger partial charge in [0.2, 0.25) is 0 Å². The van der Waals surface area contributed by atoms with Crippen molar-refractivity contribution in [1.29, 1.82) is 15.8 Å². The van der Waals surface area contributed by atoms with Gasteiger partial charge < -0.3 is 0 Å². The van der Waals surface area contributed by atoms with Gasteiger partial charge >= 0.3 is 6.18 Å². The largest absolute Gasteiger partial charge is 0.420 e. The lowest BCUT2D eigenvalue weighted by Crippen LogP contribution is -2.16. The van der Waals surface area contributed by atoms with Crippen LogP contribution in [0.3, 0.4) is 0 Å². The lowest BCUT2D eigenvalue weighted by molar-refractivity contribution is -0.140. The highest BCUT2D eigenvalue weighted by Crippen LogP contribution is 2.37. The van der Waals surface area contributed by atoms with Crippen molar-refractivity contribution in [3.8, 4) is 18.2 Å². The molecule has 1 aromatic carbocycles. The summed E-state index contributed by atoms with van der Waals surface area (Å²) in [6.07, 6.45) is -6.23. The Labute approximate surface area is 103 Å². The molecule has 0 saturated heterocycles. The van der Waals surface area contributed by atoms with Crippen LogP contribution in [0.2, 0.25) is 0 Å². The molecule has 0 fully saturated rings. The van der Waals surface area contributed by atoms with E-state index in [0.717, 1.165) is 12.1 Å². The first kappa shape index (κ1) is 14.4. The molecular formula is C11H2F5N3. The zero-order valence-electron chi connectivity index (χ0n) is 8.94. The Kier molecular flexibility index (Phi) is 3.72. The average molecular weight is 271 g/mol. The van der Waals surface area contributed by atoms with E-state index in [0.29, 0.717) is 0 Å². The maximum Gasteiger partial charge on any atom is 0.420 e. The molecule has 8 heteroatoms. The molecule has 0 spiro atoms. The Hall–Kier alpha value is -2.66. The summed E-state index contributed by atoms with van der Waals surface area (Å²) < 4.78 is 65.1. The quantitative estimate of drug-likeness (QED) is 0.737. The highest BCUT2D eigenvalue weighted by atomic mass is 19.4. The van der Waals surface area contributed by atoms with Crippen molar-refractivity contribution < 1.29 is 22.0 Å². The zero-order chi connectivity index (χ0) is 14.8. The molecule has 0 N–H and O–H groups in total. The van der Waals surface area contributed by atoms with E-state index < -0.39 is 46.5 Å². The average Bonchev–Trinajstić information content (AvgIpc) is 2.32. The second-order valence-electron chi connectivity index (χ2n) is 3.29. The molecule has 0 amide bonds. The van der Waals surface area contributed by atoms with Crippen LogP contribution < -0.4 is 0 Å². The highest BCUT2D eigenvalue weighted by molar-refractivity contribution is 5.53. The summed E-state index contributed by atoms with van der Waals surface area (Å²) >= 11 is 0. The van der Waals surface area contributed by atoms with Crippen LogP contribution in [0.15, 0.2) is 0 Å². The standard InChI is InChI=1S/C11H2F5N3/c12-9-6(3-18)5(1-2-17)10(13)8(7(9)4-19)11(14,15)16/h1H2. The smallest absolute Gasteiger partial charge is 0.206 e. The number of alkyl halides is 3. The molecule has 0 saturated carbocycles. The zero-order valence-corrected chi connectivity index (χ0v) is 8.94. The summed E-state index contributed by atoms with van der Waals surface area (Å²) in [4.78, 5) is 0. The summed E-state index contributed by atoms with van der Waals surface area (Å²) in [5.74, 6) is -3.74. The molecule has 0 bridgehead atoms. The third-order valence-corrected chi connectivity index (χ3v) is 2.24. The fourth-order valence-electron chi connectivity index (χ4n) is 1.47. The number of rotatable bonds is 1. The van der Waals surface area contributed by atoms with Gasteiger partial charge in [-0.15, -0.1) is 0 Å². The second-order valence-corrected chi connectivity index (χ2v) is 3.29. The maximum absolute atomic E-state index is 13.7. The lowest BCUT2D eigenvalue weighted by atomic mass is 9.95. The molecule has 1 rings (SSSR count). The van der Waals surface area contributed by atoms with E-state index in [9.17, 15) is 22.0 Å². The van der Waals surface area contributed by atoms with Crippen LogP contribution in [0.4, 0.5) is 22.0 Å². The van der Waals surface area contributed by atoms with E-state index in [-0.39, 0.29) is 0 Å². The molecule has 0 atom stereocenters. The van der Waals surface area contributed by atoms with E-state index in [1.165, 1.54) is 6.07 Å². The maximum atomic E-state index is 13.7. The van der Waals surface area contributed by atoms with Crippen molar-refractivity contribution >= 4 is 0 Å². The van der Waals surface area contributed by atoms with Gasteiger partial charge in [-0.3, -0.25) is 0 Å². The molecule has 0 aliphatic rings. The Morgan fingerprint density at radius 2 is 1.42 bits per heavy atom. The highest BCUT2D eigenvalue weighted by Gasteiger charge is 2.41. The van der Waals surface area contributed by atoms with Gasteiger partial charge in [0.1, 0.15) is 29.1 Å². The van der Waals surface area contributed by atoms with Gasteiger partial charge in [-0.25, -0.2) is 8.78 Å². The number of hydrogen-bond donors (Lipinski definition) is 0. The summed E-state index contributed by atoms with van der Waals surface area (Å²) in [5.41, 5.74) is -5.77. The van der Waals surface area contributed by atoms with Gasteiger partial charge in [0.05, 0.1) is 18.1 Å². The number of hydrogen-bond acceptors (Lipinski definition) is 3. The molecule has 0 aliphatic heterocycles. The molecule has 19 heavy (non-hydrogen) atoms. The van der Waals surface area contributed by atoms with Gasteiger partial charge in [0, 0.05) is 5.56 Å². The van der Waals surface area contributed by atoms with Crippen molar-refractivity contribution in [2.75, 3.05) is 0 Å². The molecule has 0 aliphatic carbocycles. The molecular weight excluding hydrogens is 269 g/mol. The first-order valence-corrected chi connectivity index (χ1v) is 4.57. The van der Waals surface area contributed by atoms with Crippen molar-refractivity contribution in [2.24, 2.45) is 0 Å². The molecule has 0 heterocycles. The Morgan fingerprint density at radius 1 is 0.895 bits per heavy atom. The number of benzene rings is 1. The molecule has 0 unspecified atom stereocenters. The molecule has 3 nitrogen and oxygen atoms in total. The number of halogens is 5. The lowest BCUT2D eigenvalue weighted by Gasteiger charge is -2.14. The minimum absolute atomic E-state index is 0.886. The van der Waals surface area contributed by atoms with Gasteiger partial charge in [-0.2, -0.15) is 29.0 Å². The number of nitriles is 3. The van der Waals surface area contributed by atoms with E-state index in [2.05, 4.69) is 0 Å². The molecule has 0 radical (unpaired) electrons. The fourth-order valence-corrected chi connectivity index (χ4v) is 1.47. The Morgan fingerprint density at radius 3 is 1.79 bits per heavy atom. The van der Waals surface area contributed by atoms with Crippen molar-refractivity contribution in [1.82, 2.24) is 0 Å². The predicted molar refractivity (Wildman–Crippen MR) is 50.1 cm³/mol. The van der Waals surface area contributed by atoms with Crippen LogP contribution in [0.5, 0.6) is 0 Å². The first-order chi connectivity index (χ1) is 8.79. The van der Waals surface area contributed by atoms with Crippen LogP contribution in [0.25, 0.3) is 0 Å². The third-order valence-electron chi connectivity index (χ3n) is 2.24. The SMILES string of the molecule is N#CCc1c(F)c(C(F)(F)F)c(C#N)c(F)c1C#N. The summed E-state index contributed by atoms with van der Waals surface area (Å²) in [7, 11) is 0. The van der Waals surface area contributed by atoms with Gasteiger partial charge in [0.25, 0.3) is 0 Å². The van der Waals surface area contributed by atoms with Crippen molar-refractivity contribution in [3.05, 3.63) is 33.9 Å². The summed E-state index contributed by atoms with van der Waals surface area (Å²) in [6, 6.07) is 3.38. The van der Waals surface area contributed by atoms with Crippen LogP contribution >= 0.6 is 0 Å². The monoisotopic (exact) mass is 271 g/mol. The van der Waals surface area contributed by atoms with Gasteiger partial charge in [-0.05, 0) is 0 Å². The minimum Gasteiger partial charge on any atom is -0.206 e. The van der Waals surface area contributed by atoms with Gasteiger partial charge in [0.15, 0.2) is 5.82 Å².